The molecular formula is C22H27N5O6. The van der Waals surface area contributed by atoms with Gasteiger partial charge in [0.05, 0.1) is 18.9 Å². The number of hydrogen-bond donors (Lipinski definition) is 5. The average Bonchev–Trinajstić information content (AvgIpc) is 2.73. The Morgan fingerprint density at radius 1 is 1.12 bits per heavy atom. The number of rotatable bonds is 9. The van der Waals surface area contributed by atoms with Crippen LogP contribution in [0, 0.1) is 0 Å². The minimum atomic E-state index is -1.23. The van der Waals surface area contributed by atoms with Crippen molar-refractivity contribution in [3.8, 4) is 5.75 Å². The number of nitrogens with two attached hydrogens (primary N) is 2. The number of aliphatic carboxylic acids is 1. The number of benzene rings is 2. The average molecular weight is 457 g/mol. The molecule has 7 N–H and O–H groups in total. The fourth-order valence-electron chi connectivity index (χ4n) is 2.87. The van der Waals surface area contributed by atoms with Gasteiger partial charge in [0.1, 0.15) is 11.8 Å². The molecule has 0 aromatic heterocycles. The van der Waals surface area contributed by atoms with Gasteiger partial charge in [-0.3, -0.25) is 4.79 Å². The number of amides is 2. The number of hydrogen-bond acceptors (Lipinski definition) is 6. The van der Waals surface area contributed by atoms with Gasteiger partial charge < -0.3 is 36.7 Å². The highest BCUT2D eigenvalue weighted by molar-refractivity contribution is 6.05. The highest BCUT2D eigenvalue weighted by atomic mass is 16.6. The largest absolute Gasteiger partial charge is 0.496 e. The van der Waals surface area contributed by atoms with Gasteiger partial charge in [0.2, 0.25) is 0 Å². The predicted molar refractivity (Wildman–Crippen MR) is 123 cm³/mol. The maximum absolute atomic E-state index is 12.6. The molecule has 2 aromatic carbocycles. The van der Waals surface area contributed by atoms with Gasteiger partial charge >= 0.3 is 12.1 Å². The second-order valence-corrected chi connectivity index (χ2v) is 7.26. The third kappa shape index (κ3) is 7.73. The predicted octanol–water partition coefficient (Wildman–Crippen LogP) is 1.98. The van der Waals surface area contributed by atoms with Crippen molar-refractivity contribution in [3.63, 3.8) is 0 Å². The fraction of sp³-hybridized carbons (Fsp3) is 0.273. The van der Waals surface area contributed by atoms with Crippen LogP contribution in [0.1, 0.15) is 29.8 Å². The molecule has 0 aliphatic rings. The third-order valence-corrected chi connectivity index (χ3v) is 4.27. The summed E-state index contributed by atoms with van der Waals surface area (Å²) in [6, 6.07) is 9.95. The minimum Gasteiger partial charge on any atom is -0.496 e. The summed E-state index contributed by atoms with van der Waals surface area (Å²) in [6.07, 6.45) is -1.28. The molecular weight excluding hydrogens is 430 g/mol. The zero-order valence-corrected chi connectivity index (χ0v) is 18.5. The van der Waals surface area contributed by atoms with Crippen molar-refractivity contribution in [3.05, 3.63) is 53.6 Å². The van der Waals surface area contributed by atoms with Crippen LogP contribution in [0.15, 0.2) is 47.5 Å². The van der Waals surface area contributed by atoms with E-state index in [1.165, 1.54) is 13.2 Å². The standard InChI is InChI=1S/C22H27N5O6/c1-12(2)33-22(31)27-17(20(29)30)10-13-7-8-16(11-18(13)32-3)25-19(28)14-5-4-6-15(9-14)26-21(23)24/h4-9,11-12,17H,10H2,1-3H3,(H,25,28)(H,27,31)(H,29,30)(H4,23,24,26)/t17-/m0/s1. The van der Waals surface area contributed by atoms with E-state index >= 15 is 0 Å². The summed E-state index contributed by atoms with van der Waals surface area (Å²) in [6.45, 7) is 3.31. The first-order valence-corrected chi connectivity index (χ1v) is 9.97. The van der Waals surface area contributed by atoms with Gasteiger partial charge in [-0.05, 0) is 43.7 Å². The summed E-state index contributed by atoms with van der Waals surface area (Å²) < 4.78 is 10.3. The molecule has 11 heteroatoms. The van der Waals surface area contributed by atoms with Crippen molar-refractivity contribution in [2.45, 2.75) is 32.4 Å². The Kier molecular flexibility index (Phi) is 8.61. The summed E-state index contributed by atoms with van der Waals surface area (Å²) >= 11 is 0. The number of aliphatic imine (C=N–C) groups is 1. The van der Waals surface area contributed by atoms with Crippen LogP contribution in [-0.2, 0) is 16.0 Å². The number of methoxy groups -OCH3 is 1. The molecule has 0 fully saturated rings. The number of alkyl carbamates (subject to hydrolysis) is 1. The number of anilines is 1. The van der Waals surface area contributed by atoms with Crippen molar-refractivity contribution in [1.82, 2.24) is 5.32 Å². The Labute approximate surface area is 190 Å². The molecule has 2 aromatic rings. The SMILES string of the molecule is COc1cc(NC(=O)c2cccc(N=C(N)N)c2)ccc1C[C@H](NC(=O)OC(C)C)C(=O)O. The van der Waals surface area contributed by atoms with Gasteiger partial charge in [0, 0.05) is 23.7 Å². The zero-order chi connectivity index (χ0) is 24.5. The Morgan fingerprint density at radius 3 is 2.45 bits per heavy atom. The second-order valence-electron chi connectivity index (χ2n) is 7.26. The molecule has 0 aliphatic heterocycles. The van der Waals surface area contributed by atoms with Gasteiger partial charge in [-0.1, -0.05) is 12.1 Å². The van der Waals surface area contributed by atoms with Crippen LogP contribution in [0.5, 0.6) is 5.75 Å². The van der Waals surface area contributed by atoms with Crippen molar-refractivity contribution >= 4 is 35.3 Å². The van der Waals surface area contributed by atoms with E-state index in [1.807, 2.05) is 0 Å². The van der Waals surface area contributed by atoms with E-state index in [0.29, 0.717) is 28.3 Å². The summed E-state index contributed by atoms with van der Waals surface area (Å²) in [5.41, 5.74) is 12.4. The molecule has 2 amide bonds. The van der Waals surface area contributed by atoms with Crippen molar-refractivity contribution in [2.24, 2.45) is 16.5 Å². The smallest absolute Gasteiger partial charge is 0.408 e. The van der Waals surface area contributed by atoms with Crippen LogP contribution in [0.4, 0.5) is 16.2 Å². The van der Waals surface area contributed by atoms with Gasteiger partial charge in [0.25, 0.3) is 5.91 Å². The van der Waals surface area contributed by atoms with E-state index in [1.54, 1.807) is 50.2 Å². The van der Waals surface area contributed by atoms with Crippen molar-refractivity contribution in [2.75, 3.05) is 12.4 Å². The Balaban J connectivity index is 2.17. The number of carbonyl (C=O) groups excluding carboxylic acids is 2. The van der Waals surface area contributed by atoms with Gasteiger partial charge in [0.15, 0.2) is 5.96 Å². The van der Waals surface area contributed by atoms with Crippen molar-refractivity contribution in [1.29, 1.82) is 0 Å². The van der Waals surface area contributed by atoms with E-state index in [2.05, 4.69) is 15.6 Å². The van der Waals surface area contributed by atoms with E-state index in [-0.39, 0.29) is 12.4 Å². The molecule has 0 unspecified atom stereocenters. The van der Waals surface area contributed by atoms with Crippen molar-refractivity contribution < 1.29 is 29.0 Å². The monoisotopic (exact) mass is 457 g/mol. The first-order valence-electron chi connectivity index (χ1n) is 9.97. The third-order valence-electron chi connectivity index (χ3n) is 4.27. The molecule has 33 heavy (non-hydrogen) atoms. The maximum Gasteiger partial charge on any atom is 0.408 e. The van der Waals surface area contributed by atoms with E-state index < -0.39 is 30.1 Å². The van der Waals surface area contributed by atoms with Crippen LogP contribution in [-0.4, -0.2) is 48.3 Å². The van der Waals surface area contributed by atoms with E-state index in [9.17, 15) is 19.5 Å². The number of nitrogens with one attached hydrogen (secondary N) is 2. The second kappa shape index (κ2) is 11.4. The fourth-order valence-corrected chi connectivity index (χ4v) is 2.87. The zero-order valence-electron chi connectivity index (χ0n) is 18.5. The van der Waals surface area contributed by atoms with Gasteiger partial charge in [-0.25, -0.2) is 14.6 Å². The molecule has 1 atom stereocenters. The van der Waals surface area contributed by atoms with Crippen LogP contribution in [0.25, 0.3) is 0 Å². The number of guanidine groups is 1. The maximum atomic E-state index is 12.6. The Morgan fingerprint density at radius 2 is 1.85 bits per heavy atom. The first-order chi connectivity index (χ1) is 15.6. The van der Waals surface area contributed by atoms with Crippen LogP contribution in [0.2, 0.25) is 0 Å². The number of carboxylic acid groups (broad SMARTS) is 1. The molecule has 0 aliphatic carbocycles. The molecule has 0 saturated carbocycles. The van der Waals surface area contributed by atoms with Crippen LogP contribution in [0.3, 0.4) is 0 Å². The first kappa shape index (κ1) is 25.0. The lowest BCUT2D eigenvalue weighted by Crippen LogP contribution is -2.43. The quantitative estimate of drug-likeness (QED) is 0.280. The van der Waals surface area contributed by atoms with E-state index in [0.717, 1.165) is 0 Å². The summed E-state index contributed by atoms with van der Waals surface area (Å²) in [7, 11) is 1.42. The summed E-state index contributed by atoms with van der Waals surface area (Å²) in [4.78, 5) is 39.9. The number of carboxylic acids is 1. The molecule has 0 bridgehead atoms. The number of ether oxygens (including phenoxy) is 2. The summed E-state index contributed by atoms with van der Waals surface area (Å²) in [5, 5.41) is 14.5. The summed E-state index contributed by atoms with van der Waals surface area (Å²) in [5.74, 6) is -1.42. The van der Waals surface area contributed by atoms with Gasteiger partial charge in [-0.2, -0.15) is 0 Å². The van der Waals surface area contributed by atoms with Crippen LogP contribution < -0.4 is 26.8 Å². The molecule has 0 heterocycles. The highest BCUT2D eigenvalue weighted by Crippen LogP contribution is 2.25. The lowest BCUT2D eigenvalue weighted by atomic mass is 10.0. The number of nitrogens with zero attached hydrogens (tertiary/aromatic N) is 1. The molecule has 0 saturated heterocycles. The topological polar surface area (TPSA) is 178 Å². The molecule has 2 rings (SSSR count). The Bertz CT molecular complexity index is 1050. The van der Waals surface area contributed by atoms with Crippen LogP contribution >= 0.6 is 0 Å². The Hall–Kier alpha value is -4.28. The number of carbonyl (C=O) groups is 3. The normalized spacial score (nSPS) is 11.3. The van der Waals surface area contributed by atoms with E-state index in [4.69, 9.17) is 20.9 Å². The molecule has 0 spiro atoms. The lowest BCUT2D eigenvalue weighted by Gasteiger charge is -2.18. The molecule has 176 valence electrons. The lowest BCUT2D eigenvalue weighted by molar-refractivity contribution is -0.139. The minimum absolute atomic E-state index is 0.0551. The highest BCUT2D eigenvalue weighted by Gasteiger charge is 2.23. The molecule has 11 nitrogen and oxygen atoms in total. The molecule has 0 radical (unpaired) electrons. The van der Waals surface area contributed by atoms with Gasteiger partial charge in [-0.15, -0.1) is 0 Å².